The highest BCUT2D eigenvalue weighted by Gasteiger charge is 2.27. The van der Waals surface area contributed by atoms with Crippen molar-refractivity contribution in [2.75, 3.05) is 26.2 Å². The Balaban J connectivity index is 1.32. The second kappa shape index (κ2) is 9.89. The van der Waals surface area contributed by atoms with Crippen molar-refractivity contribution in [1.29, 1.82) is 0 Å². The van der Waals surface area contributed by atoms with Crippen molar-refractivity contribution in [3.05, 3.63) is 11.6 Å². The van der Waals surface area contributed by atoms with Crippen molar-refractivity contribution in [3.63, 3.8) is 0 Å². The summed E-state index contributed by atoms with van der Waals surface area (Å²) in [5.74, 6) is 2.67. The lowest BCUT2D eigenvalue weighted by Crippen LogP contribution is -2.51. The van der Waals surface area contributed by atoms with Gasteiger partial charge in [0.15, 0.2) is 11.8 Å². The number of nitrogens with one attached hydrogen (secondary N) is 2. The third-order valence-electron chi connectivity index (χ3n) is 6.79. The molecule has 8 heteroatoms. The summed E-state index contributed by atoms with van der Waals surface area (Å²) in [5.41, 5.74) is 0. The molecule has 1 saturated carbocycles. The molecular formula is C21H37N7O. The highest BCUT2D eigenvalue weighted by Crippen LogP contribution is 2.26. The van der Waals surface area contributed by atoms with E-state index in [1.807, 2.05) is 18.5 Å². The van der Waals surface area contributed by atoms with Gasteiger partial charge in [-0.15, -0.1) is 10.2 Å². The number of aliphatic imine (C=N–C) groups is 1. The van der Waals surface area contributed by atoms with Gasteiger partial charge >= 0.3 is 0 Å². The number of guanidine groups is 1. The van der Waals surface area contributed by atoms with Gasteiger partial charge < -0.3 is 24.8 Å². The van der Waals surface area contributed by atoms with Crippen LogP contribution in [0.5, 0.6) is 0 Å². The van der Waals surface area contributed by atoms with E-state index in [0.29, 0.717) is 18.7 Å². The number of nitrogens with zero attached hydrogens (tertiary/aromatic N) is 5. The molecular weight excluding hydrogens is 366 g/mol. The zero-order chi connectivity index (χ0) is 20.1. The molecule has 1 aliphatic carbocycles. The van der Waals surface area contributed by atoms with Crippen LogP contribution in [-0.2, 0) is 18.3 Å². The second-order valence-electron chi connectivity index (χ2n) is 8.80. The molecule has 2 saturated heterocycles. The molecule has 1 aromatic rings. The van der Waals surface area contributed by atoms with Crippen molar-refractivity contribution in [3.8, 4) is 0 Å². The maximum absolute atomic E-state index is 5.77. The third-order valence-corrected chi connectivity index (χ3v) is 6.79. The van der Waals surface area contributed by atoms with E-state index in [1.54, 1.807) is 0 Å². The smallest absolute Gasteiger partial charge is 0.192 e. The van der Waals surface area contributed by atoms with Gasteiger partial charge in [0.05, 0.1) is 6.10 Å². The molecule has 1 unspecified atom stereocenters. The van der Waals surface area contributed by atoms with Crippen LogP contribution in [0.1, 0.15) is 63.0 Å². The molecule has 3 aliphatic rings. The van der Waals surface area contributed by atoms with Crippen LogP contribution < -0.4 is 10.6 Å². The van der Waals surface area contributed by atoms with Crippen molar-refractivity contribution >= 4 is 5.96 Å². The number of rotatable bonds is 6. The van der Waals surface area contributed by atoms with Crippen LogP contribution in [0.2, 0.25) is 0 Å². The topological polar surface area (TPSA) is 79.6 Å². The van der Waals surface area contributed by atoms with E-state index in [0.717, 1.165) is 49.6 Å². The van der Waals surface area contributed by atoms with Crippen LogP contribution in [0.15, 0.2) is 4.99 Å². The normalized spacial score (nSPS) is 25.0. The van der Waals surface area contributed by atoms with Gasteiger partial charge in [-0.25, -0.2) is 4.99 Å². The molecule has 4 rings (SSSR count). The summed E-state index contributed by atoms with van der Waals surface area (Å²) < 4.78 is 7.77. The Morgan fingerprint density at radius 2 is 1.90 bits per heavy atom. The number of piperidine rings is 1. The fourth-order valence-electron chi connectivity index (χ4n) is 4.78. The largest absolute Gasteiger partial charge is 0.376 e. The summed E-state index contributed by atoms with van der Waals surface area (Å²) in [6.45, 7) is 6.58. The third kappa shape index (κ3) is 5.48. The van der Waals surface area contributed by atoms with Gasteiger partial charge in [-0.1, -0.05) is 12.8 Å². The Labute approximate surface area is 174 Å². The quantitative estimate of drug-likeness (QED) is 0.556. The highest BCUT2D eigenvalue weighted by atomic mass is 16.5. The fourth-order valence-corrected chi connectivity index (χ4v) is 4.78. The summed E-state index contributed by atoms with van der Waals surface area (Å²) in [4.78, 5) is 7.53. The minimum absolute atomic E-state index is 0.295. The Hall–Kier alpha value is -1.67. The zero-order valence-corrected chi connectivity index (χ0v) is 18.1. The first kappa shape index (κ1) is 20.6. The molecule has 0 amide bonds. The standard InChI is InChI=1S/C21H37N7O/c1-16-25-26-20(27(16)2)15-23-21(22-14-19-8-5-13-29-19)24-17-9-11-28(12-10-17)18-6-3-4-7-18/h17-19H,3-15H2,1-2H3,(H2,22,23,24). The Bertz CT molecular complexity index is 669. The average molecular weight is 404 g/mol. The first-order chi connectivity index (χ1) is 14.2. The van der Waals surface area contributed by atoms with E-state index >= 15 is 0 Å². The van der Waals surface area contributed by atoms with Crippen LogP contribution in [-0.4, -0.2) is 70.1 Å². The molecule has 2 N–H and O–H groups in total. The molecule has 0 spiro atoms. The SMILES string of the molecule is Cc1nnc(CN=C(NCC2CCCO2)NC2CCN(C3CCCC3)CC2)n1C. The summed E-state index contributed by atoms with van der Waals surface area (Å²) in [6.07, 6.45) is 10.6. The van der Waals surface area contributed by atoms with Gasteiger partial charge in [-0.2, -0.15) is 0 Å². The zero-order valence-electron chi connectivity index (χ0n) is 18.1. The minimum atomic E-state index is 0.295. The highest BCUT2D eigenvalue weighted by molar-refractivity contribution is 5.80. The van der Waals surface area contributed by atoms with Crippen molar-refractivity contribution in [2.45, 2.75) is 83.0 Å². The first-order valence-corrected chi connectivity index (χ1v) is 11.4. The maximum atomic E-state index is 5.77. The summed E-state index contributed by atoms with van der Waals surface area (Å²) >= 11 is 0. The van der Waals surface area contributed by atoms with Gasteiger partial charge in [-0.3, -0.25) is 0 Å². The summed E-state index contributed by atoms with van der Waals surface area (Å²) in [7, 11) is 1.99. The number of aryl methyl sites for hydroxylation is 1. The lowest BCUT2D eigenvalue weighted by molar-refractivity contribution is 0.113. The number of hydrogen-bond acceptors (Lipinski definition) is 5. The Kier molecular flexibility index (Phi) is 7.02. The average Bonchev–Trinajstić information content (AvgIpc) is 3.50. The van der Waals surface area contributed by atoms with E-state index < -0.39 is 0 Å². The van der Waals surface area contributed by atoms with E-state index in [2.05, 4.69) is 25.7 Å². The van der Waals surface area contributed by atoms with Crippen LogP contribution in [0.3, 0.4) is 0 Å². The number of likely N-dealkylation sites (tertiary alicyclic amines) is 1. The van der Waals surface area contributed by atoms with Crippen LogP contribution >= 0.6 is 0 Å². The van der Waals surface area contributed by atoms with Crippen molar-refractivity contribution < 1.29 is 4.74 Å². The van der Waals surface area contributed by atoms with Gasteiger partial charge in [0.25, 0.3) is 0 Å². The molecule has 3 heterocycles. The monoisotopic (exact) mass is 403 g/mol. The molecule has 0 aromatic carbocycles. The predicted molar refractivity (Wildman–Crippen MR) is 114 cm³/mol. The maximum Gasteiger partial charge on any atom is 0.192 e. The fraction of sp³-hybridized carbons (Fsp3) is 0.857. The van der Waals surface area contributed by atoms with E-state index in [-0.39, 0.29) is 0 Å². The molecule has 0 bridgehead atoms. The number of aromatic nitrogens is 3. The van der Waals surface area contributed by atoms with E-state index in [4.69, 9.17) is 9.73 Å². The van der Waals surface area contributed by atoms with Gasteiger partial charge in [0.2, 0.25) is 0 Å². The van der Waals surface area contributed by atoms with Crippen molar-refractivity contribution in [2.24, 2.45) is 12.0 Å². The van der Waals surface area contributed by atoms with Gasteiger partial charge in [0, 0.05) is 45.4 Å². The lowest BCUT2D eigenvalue weighted by atomic mass is 10.0. The van der Waals surface area contributed by atoms with Crippen LogP contribution in [0, 0.1) is 6.92 Å². The number of ether oxygens (including phenoxy) is 1. The van der Waals surface area contributed by atoms with Gasteiger partial charge in [-0.05, 0) is 45.4 Å². The lowest BCUT2D eigenvalue weighted by Gasteiger charge is -2.36. The number of hydrogen-bond donors (Lipinski definition) is 2. The van der Waals surface area contributed by atoms with E-state index in [1.165, 1.54) is 51.6 Å². The molecule has 2 aliphatic heterocycles. The molecule has 1 aromatic heterocycles. The first-order valence-electron chi connectivity index (χ1n) is 11.4. The summed E-state index contributed by atoms with van der Waals surface area (Å²) in [5, 5.41) is 15.6. The summed E-state index contributed by atoms with van der Waals surface area (Å²) in [6, 6.07) is 1.31. The molecule has 0 radical (unpaired) electrons. The van der Waals surface area contributed by atoms with Crippen molar-refractivity contribution in [1.82, 2.24) is 30.3 Å². The molecule has 3 fully saturated rings. The Morgan fingerprint density at radius 1 is 1.10 bits per heavy atom. The molecule has 162 valence electrons. The second-order valence-corrected chi connectivity index (χ2v) is 8.80. The van der Waals surface area contributed by atoms with Crippen LogP contribution in [0.25, 0.3) is 0 Å². The molecule has 8 nitrogen and oxygen atoms in total. The Morgan fingerprint density at radius 3 is 2.55 bits per heavy atom. The predicted octanol–water partition coefficient (Wildman–Crippen LogP) is 1.74. The molecule has 29 heavy (non-hydrogen) atoms. The molecule has 1 atom stereocenters. The van der Waals surface area contributed by atoms with E-state index in [9.17, 15) is 0 Å². The van der Waals surface area contributed by atoms with Crippen LogP contribution in [0.4, 0.5) is 0 Å². The minimum Gasteiger partial charge on any atom is -0.376 e. The van der Waals surface area contributed by atoms with Gasteiger partial charge in [0.1, 0.15) is 12.4 Å².